The number of fused-ring (bicyclic) bond motifs is 1. The number of rotatable bonds is 6. The molecule has 4 rings (SSSR count). The van der Waals surface area contributed by atoms with Gasteiger partial charge in [0, 0.05) is 47.4 Å². The molecule has 8 nitrogen and oxygen atoms in total. The van der Waals surface area contributed by atoms with E-state index in [0.717, 1.165) is 18.2 Å². The van der Waals surface area contributed by atoms with E-state index < -0.39 is 29.2 Å². The highest BCUT2D eigenvalue weighted by molar-refractivity contribution is 5.94. The van der Waals surface area contributed by atoms with E-state index in [1.54, 1.807) is 58.3 Å². The predicted molar refractivity (Wildman–Crippen MR) is 148 cm³/mol. The van der Waals surface area contributed by atoms with E-state index in [-0.39, 0.29) is 33.7 Å². The highest BCUT2D eigenvalue weighted by atomic mass is 19.4. The number of aromatic nitrogens is 1. The van der Waals surface area contributed by atoms with Crippen molar-refractivity contribution in [3.05, 3.63) is 86.3 Å². The van der Waals surface area contributed by atoms with Crippen LogP contribution in [-0.4, -0.2) is 31.3 Å². The van der Waals surface area contributed by atoms with Crippen LogP contribution in [0, 0.1) is 13.8 Å². The van der Waals surface area contributed by atoms with Crippen molar-refractivity contribution in [2.75, 3.05) is 25.2 Å². The Hall–Kier alpha value is -4.67. The van der Waals surface area contributed by atoms with Crippen LogP contribution in [0.25, 0.3) is 22.3 Å². The number of nitrogens with two attached hydrogens (primary N) is 1. The quantitative estimate of drug-likeness (QED) is 0.169. The van der Waals surface area contributed by atoms with E-state index >= 15 is 0 Å². The first-order chi connectivity index (χ1) is 18.8. The number of ether oxygens (including phenoxy) is 1. The number of aliphatic imine (C=N–C) groups is 1. The fourth-order valence-corrected chi connectivity index (χ4v) is 4.36. The molecule has 3 N–H and O–H groups in total. The van der Waals surface area contributed by atoms with Gasteiger partial charge in [-0.1, -0.05) is 0 Å². The van der Waals surface area contributed by atoms with Gasteiger partial charge in [-0.05, 0) is 62.7 Å². The van der Waals surface area contributed by atoms with Crippen molar-refractivity contribution in [1.29, 1.82) is 0 Å². The fraction of sp³-hybridized carbons (Fsp3) is 0.241. The maximum absolute atomic E-state index is 13.9. The lowest BCUT2D eigenvalue weighted by molar-refractivity contribution is -0.137. The highest BCUT2D eigenvalue weighted by Crippen LogP contribution is 2.37. The van der Waals surface area contributed by atoms with E-state index in [9.17, 15) is 22.8 Å². The molecule has 0 aliphatic rings. The number of hydrogen-bond donors (Lipinski definition) is 2. The lowest BCUT2D eigenvalue weighted by atomic mass is 9.98. The number of nitrogens with zero attached hydrogens (tertiary/aromatic N) is 2. The van der Waals surface area contributed by atoms with Crippen LogP contribution in [0.3, 0.4) is 0 Å². The Morgan fingerprint density at radius 2 is 1.90 bits per heavy atom. The number of esters is 1. The SMILES string of the molecule is CN=Cc1cc(-c2cc(=O)c3cc(C(F)(F)F)cc(C(C)Nc4ccc(C)nc4C(=O)OC)c3o2)cc(C)c1N. The summed E-state index contributed by atoms with van der Waals surface area (Å²) in [6.07, 6.45) is -3.16. The van der Waals surface area contributed by atoms with E-state index in [0.29, 0.717) is 28.1 Å². The molecule has 4 aromatic rings. The summed E-state index contributed by atoms with van der Waals surface area (Å²) in [5.41, 5.74) is 7.58. The summed E-state index contributed by atoms with van der Waals surface area (Å²) in [6, 6.07) is 8.63. The van der Waals surface area contributed by atoms with Crippen LogP contribution in [0.5, 0.6) is 0 Å². The molecule has 11 heteroatoms. The van der Waals surface area contributed by atoms with Gasteiger partial charge >= 0.3 is 12.1 Å². The standard InChI is InChI=1S/C29H27F3N4O4/c1-14-8-17(9-18(13-34-4)25(14)33)24-12-23(37)21-11-19(29(30,31)32)10-20(27(21)40-24)16(3)36-22-7-6-15(2)35-26(22)28(38)39-5/h6-13,16,36H,33H2,1-5H3. The second kappa shape index (κ2) is 10.8. The molecule has 2 aromatic heterocycles. The normalized spacial score (nSPS) is 12.6. The van der Waals surface area contributed by atoms with Crippen LogP contribution in [0.1, 0.15) is 51.4 Å². The zero-order chi connectivity index (χ0) is 29.4. The molecule has 2 heterocycles. The second-order valence-corrected chi connectivity index (χ2v) is 9.30. The van der Waals surface area contributed by atoms with Crippen molar-refractivity contribution in [3.8, 4) is 11.3 Å². The zero-order valence-corrected chi connectivity index (χ0v) is 22.4. The summed E-state index contributed by atoms with van der Waals surface area (Å²) in [4.78, 5) is 33.7. The number of hydrogen-bond acceptors (Lipinski definition) is 8. The molecule has 2 aromatic carbocycles. The van der Waals surface area contributed by atoms with E-state index in [1.165, 1.54) is 7.11 Å². The number of aryl methyl sites for hydroxylation is 2. The van der Waals surface area contributed by atoms with Crippen molar-refractivity contribution >= 4 is 34.5 Å². The number of methoxy groups -OCH3 is 1. The minimum absolute atomic E-state index is 0.0321. The fourth-order valence-electron chi connectivity index (χ4n) is 4.36. The first kappa shape index (κ1) is 28.3. The van der Waals surface area contributed by atoms with Gasteiger partial charge in [-0.15, -0.1) is 0 Å². The molecule has 0 amide bonds. The van der Waals surface area contributed by atoms with Gasteiger partial charge in [0.1, 0.15) is 11.3 Å². The van der Waals surface area contributed by atoms with Gasteiger partial charge in [-0.25, -0.2) is 9.78 Å². The first-order valence-corrected chi connectivity index (χ1v) is 12.2. The maximum Gasteiger partial charge on any atom is 0.416 e. The van der Waals surface area contributed by atoms with Crippen LogP contribution in [0.2, 0.25) is 0 Å². The maximum atomic E-state index is 13.9. The Morgan fingerprint density at radius 3 is 2.55 bits per heavy atom. The number of halogens is 3. The summed E-state index contributed by atoms with van der Waals surface area (Å²) in [7, 11) is 2.79. The minimum Gasteiger partial charge on any atom is -0.464 e. The molecular formula is C29H27F3N4O4. The number of pyridine rings is 1. The molecule has 40 heavy (non-hydrogen) atoms. The van der Waals surface area contributed by atoms with Crippen LogP contribution in [0.15, 0.2) is 56.7 Å². The average molecular weight is 553 g/mol. The Balaban J connectivity index is 1.94. The molecule has 0 aliphatic carbocycles. The van der Waals surface area contributed by atoms with Gasteiger partial charge in [0.15, 0.2) is 11.1 Å². The molecule has 0 fully saturated rings. The van der Waals surface area contributed by atoms with E-state index in [1.807, 2.05) is 0 Å². The third kappa shape index (κ3) is 5.54. The average Bonchev–Trinajstić information content (AvgIpc) is 2.90. The van der Waals surface area contributed by atoms with Crippen molar-refractivity contribution in [1.82, 2.24) is 4.98 Å². The molecule has 1 unspecified atom stereocenters. The number of alkyl halides is 3. The lowest BCUT2D eigenvalue weighted by Gasteiger charge is -2.20. The highest BCUT2D eigenvalue weighted by Gasteiger charge is 2.33. The molecule has 0 bridgehead atoms. The number of nitrogen functional groups attached to an aromatic ring is 1. The van der Waals surface area contributed by atoms with Crippen LogP contribution in [0.4, 0.5) is 24.5 Å². The summed E-state index contributed by atoms with van der Waals surface area (Å²) < 4.78 is 52.6. The van der Waals surface area contributed by atoms with E-state index in [4.69, 9.17) is 14.9 Å². The van der Waals surface area contributed by atoms with Crippen LogP contribution in [-0.2, 0) is 10.9 Å². The van der Waals surface area contributed by atoms with Crippen molar-refractivity contribution < 1.29 is 27.1 Å². The molecule has 0 saturated carbocycles. The van der Waals surface area contributed by atoms with Crippen molar-refractivity contribution in [3.63, 3.8) is 0 Å². The van der Waals surface area contributed by atoms with Crippen LogP contribution < -0.4 is 16.5 Å². The summed E-state index contributed by atoms with van der Waals surface area (Å²) in [6.45, 7) is 5.06. The van der Waals surface area contributed by atoms with Gasteiger partial charge in [-0.3, -0.25) is 9.79 Å². The topological polar surface area (TPSA) is 120 Å². The third-order valence-electron chi connectivity index (χ3n) is 6.41. The Labute approximate surface area is 227 Å². The van der Waals surface area contributed by atoms with Gasteiger partial charge in [0.05, 0.1) is 29.8 Å². The summed E-state index contributed by atoms with van der Waals surface area (Å²) in [5, 5.41) is 2.80. The summed E-state index contributed by atoms with van der Waals surface area (Å²) in [5.74, 6) is -0.571. The first-order valence-electron chi connectivity index (χ1n) is 12.2. The number of carbonyl (C=O) groups is 1. The third-order valence-corrected chi connectivity index (χ3v) is 6.41. The van der Waals surface area contributed by atoms with Gasteiger partial charge in [0.2, 0.25) is 0 Å². The molecule has 0 radical (unpaired) electrons. The smallest absolute Gasteiger partial charge is 0.416 e. The molecule has 0 aliphatic heterocycles. The minimum atomic E-state index is -4.72. The Bertz CT molecular complexity index is 1710. The molecule has 0 spiro atoms. The summed E-state index contributed by atoms with van der Waals surface area (Å²) >= 11 is 0. The van der Waals surface area contributed by atoms with Crippen molar-refractivity contribution in [2.45, 2.75) is 33.0 Å². The molecular weight excluding hydrogens is 525 g/mol. The number of nitrogens with one attached hydrogen (secondary N) is 1. The Morgan fingerprint density at radius 1 is 1.18 bits per heavy atom. The van der Waals surface area contributed by atoms with Gasteiger partial charge < -0.3 is 20.2 Å². The largest absolute Gasteiger partial charge is 0.464 e. The van der Waals surface area contributed by atoms with Crippen molar-refractivity contribution in [2.24, 2.45) is 4.99 Å². The van der Waals surface area contributed by atoms with Gasteiger partial charge in [-0.2, -0.15) is 13.2 Å². The Kier molecular flexibility index (Phi) is 7.68. The molecule has 1 atom stereocenters. The van der Waals surface area contributed by atoms with Crippen LogP contribution >= 0.6 is 0 Å². The molecule has 208 valence electrons. The van der Waals surface area contributed by atoms with E-state index in [2.05, 4.69) is 15.3 Å². The number of anilines is 2. The van der Waals surface area contributed by atoms with Gasteiger partial charge in [0.25, 0.3) is 0 Å². The number of benzene rings is 2. The predicted octanol–water partition coefficient (Wildman–Crippen LogP) is 6.08. The molecule has 0 saturated heterocycles. The number of carbonyl (C=O) groups excluding carboxylic acids is 1. The zero-order valence-electron chi connectivity index (χ0n) is 22.4. The monoisotopic (exact) mass is 552 g/mol. The second-order valence-electron chi connectivity index (χ2n) is 9.30. The lowest BCUT2D eigenvalue weighted by Crippen LogP contribution is -2.16.